The van der Waals surface area contributed by atoms with E-state index in [4.69, 9.17) is 5.73 Å². The molecule has 2 heterocycles. The van der Waals surface area contributed by atoms with Crippen LogP contribution in [0.4, 0.5) is 0 Å². The third-order valence-electron chi connectivity index (χ3n) is 3.06. The van der Waals surface area contributed by atoms with E-state index in [0.717, 1.165) is 35.0 Å². The smallest absolute Gasteiger partial charge is 0.252 e. The highest BCUT2D eigenvalue weighted by molar-refractivity contribution is 9.10. The third-order valence-corrected chi connectivity index (χ3v) is 3.47. The molecule has 0 bridgehead atoms. The van der Waals surface area contributed by atoms with Gasteiger partial charge in [0, 0.05) is 11.9 Å². The Balaban J connectivity index is 2.21. The predicted molar refractivity (Wildman–Crippen MR) is 69.6 cm³/mol. The van der Waals surface area contributed by atoms with Gasteiger partial charge in [0.25, 0.3) is 5.91 Å². The molecular formula is C12H11BrN4O. The second-order valence-corrected chi connectivity index (χ2v) is 5.20. The van der Waals surface area contributed by atoms with Crippen LogP contribution in [0.15, 0.2) is 22.9 Å². The molecule has 1 aliphatic carbocycles. The molecular weight excluding hydrogens is 296 g/mol. The lowest BCUT2D eigenvalue weighted by molar-refractivity contribution is 0.0999. The van der Waals surface area contributed by atoms with Crippen molar-refractivity contribution in [3.8, 4) is 5.82 Å². The Hall–Kier alpha value is -1.69. The summed E-state index contributed by atoms with van der Waals surface area (Å²) in [7, 11) is 0. The number of aryl methyl sites for hydroxylation is 2. The SMILES string of the molecule is NC(=O)c1cc2c(nc1-n1cc(Br)cn1)CCC2. The van der Waals surface area contributed by atoms with Gasteiger partial charge in [0.2, 0.25) is 0 Å². The number of hydrogen-bond donors (Lipinski definition) is 1. The summed E-state index contributed by atoms with van der Waals surface area (Å²) in [6, 6.07) is 1.85. The summed E-state index contributed by atoms with van der Waals surface area (Å²) >= 11 is 3.33. The fourth-order valence-corrected chi connectivity index (χ4v) is 2.52. The highest BCUT2D eigenvalue weighted by Crippen LogP contribution is 2.24. The van der Waals surface area contributed by atoms with Crippen molar-refractivity contribution in [1.29, 1.82) is 0 Å². The number of amides is 1. The topological polar surface area (TPSA) is 73.8 Å². The normalized spacial score (nSPS) is 13.6. The summed E-state index contributed by atoms with van der Waals surface area (Å²) in [4.78, 5) is 16.1. The Bertz CT molecular complexity index is 635. The molecule has 2 aromatic heterocycles. The van der Waals surface area contributed by atoms with E-state index in [0.29, 0.717) is 11.4 Å². The van der Waals surface area contributed by atoms with Crippen molar-refractivity contribution in [2.45, 2.75) is 19.3 Å². The zero-order valence-corrected chi connectivity index (χ0v) is 11.1. The molecule has 18 heavy (non-hydrogen) atoms. The summed E-state index contributed by atoms with van der Waals surface area (Å²) in [6.07, 6.45) is 6.40. The average Bonchev–Trinajstić information content (AvgIpc) is 2.94. The van der Waals surface area contributed by atoms with Gasteiger partial charge in [-0.05, 0) is 46.8 Å². The fraction of sp³-hybridized carbons (Fsp3) is 0.250. The lowest BCUT2D eigenvalue weighted by Crippen LogP contribution is -2.17. The van der Waals surface area contributed by atoms with Gasteiger partial charge in [-0.1, -0.05) is 0 Å². The Labute approximate surface area is 112 Å². The molecule has 0 atom stereocenters. The number of rotatable bonds is 2. The molecule has 6 heteroatoms. The van der Waals surface area contributed by atoms with Crippen LogP contribution in [-0.4, -0.2) is 20.7 Å². The Morgan fingerprint density at radius 3 is 2.94 bits per heavy atom. The summed E-state index contributed by atoms with van der Waals surface area (Å²) in [6.45, 7) is 0. The molecule has 5 nitrogen and oxygen atoms in total. The van der Waals surface area contributed by atoms with Crippen molar-refractivity contribution in [2.24, 2.45) is 5.73 Å². The lowest BCUT2D eigenvalue weighted by atomic mass is 10.1. The van der Waals surface area contributed by atoms with E-state index < -0.39 is 5.91 Å². The highest BCUT2D eigenvalue weighted by atomic mass is 79.9. The number of carbonyl (C=O) groups is 1. The highest BCUT2D eigenvalue weighted by Gasteiger charge is 2.20. The second kappa shape index (κ2) is 4.20. The number of halogens is 1. The van der Waals surface area contributed by atoms with Crippen LogP contribution in [0, 0.1) is 0 Å². The van der Waals surface area contributed by atoms with Gasteiger partial charge in [-0.15, -0.1) is 0 Å². The summed E-state index contributed by atoms with van der Waals surface area (Å²) < 4.78 is 2.41. The van der Waals surface area contributed by atoms with Crippen molar-refractivity contribution in [2.75, 3.05) is 0 Å². The van der Waals surface area contributed by atoms with Crippen molar-refractivity contribution < 1.29 is 4.79 Å². The number of fused-ring (bicyclic) bond motifs is 1. The van der Waals surface area contributed by atoms with E-state index >= 15 is 0 Å². The van der Waals surface area contributed by atoms with Crippen molar-refractivity contribution in [3.63, 3.8) is 0 Å². The maximum absolute atomic E-state index is 11.5. The van der Waals surface area contributed by atoms with Gasteiger partial charge in [-0.3, -0.25) is 4.79 Å². The molecule has 0 aliphatic heterocycles. The molecule has 0 saturated heterocycles. The van der Waals surface area contributed by atoms with Crippen LogP contribution >= 0.6 is 15.9 Å². The number of nitrogens with zero attached hydrogens (tertiary/aromatic N) is 3. The first-order valence-corrected chi connectivity index (χ1v) is 6.47. The molecule has 3 rings (SSSR count). The fourth-order valence-electron chi connectivity index (χ4n) is 2.23. The summed E-state index contributed by atoms with van der Waals surface area (Å²) in [5.41, 5.74) is 8.01. The van der Waals surface area contributed by atoms with E-state index in [2.05, 4.69) is 26.0 Å². The molecule has 92 valence electrons. The summed E-state index contributed by atoms with van der Waals surface area (Å²) in [5.74, 6) is 0.0349. The average molecular weight is 307 g/mol. The molecule has 2 aromatic rings. The zero-order chi connectivity index (χ0) is 12.7. The molecule has 0 saturated carbocycles. The second-order valence-electron chi connectivity index (χ2n) is 4.29. The van der Waals surface area contributed by atoms with Crippen molar-refractivity contribution in [3.05, 3.63) is 39.8 Å². The molecule has 0 radical (unpaired) electrons. The van der Waals surface area contributed by atoms with Crippen LogP contribution < -0.4 is 5.73 Å². The number of nitrogens with two attached hydrogens (primary N) is 1. The minimum Gasteiger partial charge on any atom is -0.365 e. The first-order chi connectivity index (χ1) is 8.65. The van der Waals surface area contributed by atoms with Gasteiger partial charge >= 0.3 is 0 Å². The zero-order valence-electron chi connectivity index (χ0n) is 9.56. The number of primary amides is 1. The Morgan fingerprint density at radius 1 is 1.44 bits per heavy atom. The van der Waals surface area contributed by atoms with Crippen LogP contribution in [0.2, 0.25) is 0 Å². The van der Waals surface area contributed by atoms with Crippen molar-refractivity contribution in [1.82, 2.24) is 14.8 Å². The van der Waals surface area contributed by atoms with Crippen molar-refractivity contribution >= 4 is 21.8 Å². The molecule has 0 fully saturated rings. The van der Waals surface area contributed by atoms with Gasteiger partial charge in [0.15, 0.2) is 5.82 Å². The quantitative estimate of drug-likeness (QED) is 0.916. The predicted octanol–water partition coefficient (Wildman–Crippen LogP) is 1.62. The van der Waals surface area contributed by atoms with Gasteiger partial charge < -0.3 is 5.73 Å². The third kappa shape index (κ3) is 1.82. The van der Waals surface area contributed by atoms with Gasteiger partial charge in [0.1, 0.15) is 0 Å². The van der Waals surface area contributed by atoms with Gasteiger partial charge in [-0.2, -0.15) is 5.10 Å². The van der Waals surface area contributed by atoms with E-state index in [1.165, 1.54) is 0 Å². The van der Waals surface area contributed by atoms with Crippen LogP contribution in [0.25, 0.3) is 5.82 Å². The minimum atomic E-state index is -0.473. The molecule has 1 aliphatic rings. The number of hydrogen-bond acceptors (Lipinski definition) is 3. The largest absolute Gasteiger partial charge is 0.365 e. The molecule has 0 unspecified atom stereocenters. The molecule has 2 N–H and O–H groups in total. The number of carbonyl (C=O) groups excluding carboxylic acids is 1. The van der Waals surface area contributed by atoms with E-state index in [1.807, 2.05) is 6.07 Å². The van der Waals surface area contributed by atoms with E-state index in [1.54, 1.807) is 17.1 Å². The van der Waals surface area contributed by atoms with Gasteiger partial charge in [-0.25, -0.2) is 9.67 Å². The van der Waals surface area contributed by atoms with Gasteiger partial charge in [0.05, 0.1) is 16.2 Å². The Morgan fingerprint density at radius 2 is 2.28 bits per heavy atom. The van der Waals surface area contributed by atoms with Crippen LogP contribution in [0.5, 0.6) is 0 Å². The monoisotopic (exact) mass is 306 g/mol. The van der Waals surface area contributed by atoms with Crippen LogP contribution in [0.3, 0.4) is 0 Å². The number of pyridine rings is 1. The molecule has 0 spiro atoms. The standard InChI is InChI=1S/C12H11BrN4O/c13-8-5-15-17(6-8)12-9(11(14)18)4-7-2-1-3-10(7)16-12/h4-6H,1-3H2,(H2,14,18). The van der Waals surface area contributed by atoms with E-state index in [9.17, 15) is 4.79 Å². The Kier molecular flexibility index (Phi) is 2.66. The first-order valence-electron chi connectivity index (χ1n) is 5.68. The van der Waals surface area contributed by atoms with Crippen LogP contribution in [0.1, 0.15) is 28.0 Å². The maximum Gasteiger partial charge on any atom is 0.252 e. The van der Waals surface area contributed by atoms with E-state index in [-0.39, 0.29) is 0 Å². The first kappa shape index (κ1) is 11.4. The summed E-state index contributed by atoms with van der Waals surface area (Å²) in [5, 5.41) is 4.15. The molecule has 1 amide bonds. The molecule has 0 aromatic carbocycles. The van der Waals surface area contributed by atoms with Crippen LogP contribution in [-0.2, 0) is 12.8 Å². The minimum absolute atomic E-state index is 0.422. The lowest BCUT2D eigenvalue weighted by Gasteiger charge is -2.08. The maximum atomic E-state index is 11.5. The number of aromatic nitrogens is 3.